The third-order valence-corrected chi connectivity index (χ3v) is 4.66. The van der Waals surface area contributed by atoms with Gasteiger partial charge in [0.15, 0.2) is 0 Å². The number of carbonyl (C=O) groups excluding carboxylic acids is 1. The quantitative estimate of drug-likeness (QED) is 0.788. The number of amides is 1. The summed E-state index contributed by atoms with van der Waals surface area (Å²) in [5, 5.41) is 0. The van der Waals surface area contributed by atoms with Crippen molar-refractivity contribution in [2.45, 2.75) is 38.5 Å². The van der Waals surface area contributed by atoms with E-state index >= 15 is 0 Å². The number of nitrogens with zero attached hydrogens (tertiary/aromatic N) is 2. The van der Waals surface area contributed by atoms with Crippen molar-refractivity contribution in [1.82, 2.24) is 4.90 Å². The van der Waals surface area contributed by atoms with Crippen LogP contribution in [0.1, 0.15) is 38.5 Å². The molecule has 1 saturated heterocycles. The molecule has 2 aromatic rings. The average molecular weight is 342 g/mol. The van der Waals surface area contributed by atoms with Gasteiger partial charge in [-0.05, 0) is 36.9 Å². The number of hydrogen-bond donors (Lipinski definition) is 0. The summed E-state index contributed by atoms with van der Waals surface area (Å²) in [6, 6.07) is 18.3. The second kappa shape index (κ2) is 8.82. The van der Waals surface area contributed by atoms with E-state index in [2.05, 4.69) is 4.90 Å². The fourth-order valence-corrected chi connectivity index (χ4v) is 3.33. The van der Waals surface area contributed by atoms with Crippen LogP contribution in [0.2, 0.25) is 0 Å². The van der Waals surface area contributed by atoms with E-state index in [1.165, 1.54) is 0 Å². The van der Waals surface area contributed by atoms with Crippen molar-refractivity contribution in [3.8, 4) is 0 Å². The molecule has 1 heterocycles. The van der Waals surface area contributed by atoms with Crippen molar-refractivity contribution in [3.63, 3.8) is 0 Å². The lowest BCUT2D eigenvalue weighted by Crippen LogP contribution is -2.47. The lowest BCUT2D eigenvalue weighted by molar-refractivity contribution is -0.119. The van der Waals surface area contributed by atoms with Gasteiger partial charge in [-0.25, -0.2) is 0 Å². The molecule has 0 N–H and O–H groups in total. The van der Waals surface area contributed by atoms with Crippen LogP contribution in [-0.4, -0.2) is 36.5 Å². The molecule has 1 aliphatic heterocycles. The molecule has 25 heavy (non-hydrogen) atoms. The van der Waals surface area contributed by atoms with Crippen molar-refractivity contribution < 1.29 is 11.6 Å². The van der Waals surface area contributed by atoms with Crippen molar-refractivity contribution in [3.05, 3.63) is 66.2 Å². The monoisotopic (exact) mass is 341 g/mol. The summed E-state index contributed by atoms with van der Waals surface area (Å²) in [5.41, 5.74) is 1.37. The van der Waals surface area contributed by atoms with Crippen LogP contribution in [0.4, 0.5) is 5.69 Å². The van der Waals surface area contributed by atoms with Gasteiger partial charge in [-0.1, -0.05) is 55.4 Å². The molecule has 1 amide bonds. The minimum atomic E-state index is -2.31. The third-order valence-electron chi connectivity index (χ3n) is 4.66. The summed E-state index contributed by atoms with van der Waals surface area (Å²) in [6.45, 7) is -0.711. The van der Waals surface area contributed by atoms with Crippen LogP contribution in [0.5, 0.6) is 0 Å². The first-order chi connectivity index (χ1) is 14.2. The Morgan fingerprint density at radius 3 is 2.40 bits per heavy atom. The molecule has 0 aliphatic carbocycles. The zero-order valence-corrected chi connectivity index (χ0v) is 14.4. The minimum Gasteiger partial charge on any atom is -0.309 e. The molecular formula is C22H28N2O. The Hall–Kier alpha value is -2.13. The average Bonchev–Trinajstić information content (AvgIpc) is 2.69. The van der Waals surface area contributed by atoms with Crippen molar-refractivity contribution >= 4 is 11.6 Å². The van der Waals surface area contributed by atoms with Gasteiger partial charge in [0.05, 0.1) is 0 Å². The molecule has 1 aliphatic rings. The van der Waals surface area contributed by atoms with Crippen LogP contribution >= 0.6 is 0 Å². The van der Waals surface area contributed by atoms with Crippen molar-refractivity contribution in [2.75, 3.05) is 24.5 Å². The third kappa shape index (κ3) is 4.70. The van der Waals surface area contributed by atoms with E-state index in [-0.39, 0.29) is 18.5 Å². The maximum Gasteiger partial charge on any atom is 0.226 e. The maximum absolute atomic E-state index is 12.8. The molecule has 1 fully saturated rings. The Morgan fingerprint density at radius 1 is 1.12 bits per heavy atom. The summed E-state index contributed by atoms with van der Waals surface area (Å²) < 4.78 is 39.3. The second-order valence-corrected chi connectivity index (χ2v) is 6.33. The molecule has 0 radical (unpaired) electrons. The molecule has 0 spiro atoms. The highest BCUT2D eigenvalue weighted by Gasteiger charge is 2.28. The van der Waals surface area contributed by atoms with E-state index in [4.69, 9.17) is 6.85 Å². The van der Waals surface area contributed by atoms with Gasteiger partial charge >= 0.3 is 0 Å². The van der Waals surface area contributed by atoms with Crippen LogP contribution in [0, 0.1) is 0 Å². The Balaban J connectivity index is 1.68. The van der Waals surface area contributed by atoms with E-state index in [9.17, 15) is 4.79 Å². The first-order valence-corrected chi connectivity index (χ1v) is 8.81. The Morgan fingerprint density at radius 2 is 1.76 bits per heavy atom. The number of piperidine rings is 1. The van der Waals surface area contributed by atoms with Crippen LogP contribution in [0.15, 0.2) is 60.7 Å². The minimum absolute atomic E-state index is 0.0962. The molecule has 3 heteroatoms. The number of likely N-dealkylation sites (tertiary alicyclic amines) is 1. The predicted octanol–water partition coefficient (Wildman–Crippen LogP) is 4.14. The van der Waals surface area contributed by atoms with E-state index in [1.54, 1.807) is 17.0 Å². The molecular weight excluding hydrogens is 308 g/mol. The predicted molar refractivity (Wildman–Crippen MR) is 104 cm³/mol. The zero-order valence-electron chi connectivity index (χ0n) is 19.4. The number of para-hydroxylation sites is 1. The molecule has 0 saturated carbocycles. The number of benzene rings is 2. The SMILES string of the molecule is [2H]C([2H])([2H])CC(=O)N(c1ccccc1)C1CCN(CC([2H])([2H])c2ccccc2)CC1. The van der Waals surface area contributed by atoms with Crippen molar-refractivity contribution in [2.24, 2.45) is 0 Å². The lowest BCUT2D eigenvalue weighted by Gasteiger charge is -2.38. The Labute approximate surface area is 158 Å². The highest BCUT2D eigenvalue weighted by Crippen LogP contribution is 2.24. The van der Waals surface area contributed by atoms with Crippen LogP contribution < -0.4 is 4.90 Å². The number of anilines is 1. The van der Waals surface area contributed by atoms with E-state index in [0.717, 1.165) is 0 Å². The molecule has 2 aromatic carbocycles. The first-order valence-electron chi connectivity index (χ1n) is 11.3. The molecule has 132 valence electrons. The van der Waals surface area contributed by atoms with Crippen LogP contribution in [-0.2, 0) is 11.2 Å². The van der Waals surface area contributed by atoms with E-state index in [0.29, 0.717) is 37.2 Å². The summed E-state index contributed by atoms with van der Waals surface area (Å²) >= 11 is 0. The Kier molecular flexibility index (Phi) is 4.32. The number of carbonyl (C=O) groups is 1. The van der Waals surface area contributed by atoms with Gasteiger partial charge in [-0.2, -0.15) is 0 Å². The fourth-order valence-electron chi connectivity index (χ4n) is 3.33. The number of hydrogen-bond acceptors (Lipinski definition) is 2. The Bertz CT molecular complexity index is 818. The number of rotatable bonds is 6. The molecule has 0 aromatic heterocycles. The summed E-state index contributed by atoms with van der Waals surface area (Å²) in [6.07, 6.45) is -0.595. The van der Waals surface area contributed by atoms with E-state index in [1.807, 2.05) is 48.5 Å². The van der Waals surface area contributed by atoms with Gasteiger partial charge in [0.25, 0.3) is 0 Å². The van der Waals surface area contributed by atoms with Gasteiger partial charge in [0, 0.05) is 44.6 Å². The largest absolute Gasteiger partial charge is 0.309 e. The van der Waals surface area contributed by atoms with Gasteiger partial charge < -0.3 is 9.80 Å². The zero-order chi connectivity index (χ0) is 21.8. The summed E-state index contributed by atoms with van der Waals surface area (Å²) in [7, 11) is 0. The van der Waals surface area contributed by atoms with Crippen molar-refractivity contribution in [1.29, 1.82) is 0 Å². The topological polar surface area (TPSA) is 23.6 Å². The van der Waals surface area contributed by atoms with Crippen LogP contribution in [0.25, 0.3) is 0 Å². The highest BCUT2D eigenvalue weighted by molar-refractivity contribution is 5.93. The second-order valence-electron chi connectivity index (χ2n) is 6.33. The highest BCUT2D eigenvalue weighted by atomic mass is 16.2. The smallest absolute Gasteiger partial charge is 0.226 e. The molecule has 0 bridgehead atoms. The van der Waals surface area contributed by atoms with Crippen LogP contribution in [0.3, 0.4) is 0 Å². The molecule has 3 rings (SSSR count). The normalized spacial score (nSPS) is 19.9. The first kappa shape index (κ1) is 12.3. The van der Waals surface area contributed by atoms with Gasteiger partial charge in [0.2, 0.25) is 5.91 Å². The molecule has 0 atom stereocenters. The van der Waals surface area contributed by atoms with Gasteiger partial charge in [-0.3, -0.25) is 4.79 Å². The fraction of sp³-hybridized carbons (Fsp3) is 0.409. The molecule has 0 unspecified atom stereocenters. The van der Waals surface area contributed by atoms with Gasteiger partial charge in [0.1, 0.15) is 0 Å². The lowest BCUT2D eigenvalue weighted by atomic mass is 10.0. The van der Waals surface area contributed by atoms with Gasteiger partial charge in [-0.15, -0.1) is 0 Å². The van der Waals surface area contributed by atoms with E-state index < -0.39 is 19.6 Å². The maximum atomic E-state index is 12.8. The molecule has 3 nitrogen and oxygen atoms in total. The summed E-state index contributed by atoms with van der Waals surface area (Å²) in [4.78, 5) is 16.6. The standard InChI is InChI=1S/C22H28N2O/c1-2-22(25)24(20-11-7-4-8-12-20)21-14-17-23(18-15-21)16-13-19-9-5-3-6-10-19/h3-12,21H,2,13-18H2,1H3/i1D3,13D2. The summed E-state index contributed by atoms with van der Waals surface area (Å²) in [5.74, 6) is -0.390.